The lowest BCUT2D eigenvalue weighted by atomic mass is 9.91. The molecule has 2 saturated carbocycles. The molecule has 4 N–H and O–H groups in total. The number of nitrogens with zero attached hydrogens (tertiary/aromatic N) is 4. The first-order valence-electron chi connectivity index (χ1n) is 26.7. The Morgan fingerprint density at radius 2 is 0.947 bits per heavy atom. The van der Waals surface area contributed by atoms with Gasteiger partial charge in [0.1, 0.15) is 11.4 Å². The van der Waals surface area contributed by atoms with Gasteiger partial charge in [-0.05, 0) is 191 Å². The molecule has 10 heteroatoms. The monoisotopic (exact) mass is 1020 g/mol. The van der Waals surface area contributed by atoms with Gasteiger partial charge in [0.15, 0.2) is 11.6 Å². The van der Waals surface area contributed by atoms with Crippen LogP contribution in [0.5, 0.6) is 0 Å². The Labute approximate surface area is 450 Å². The number of halogens is 1. The molecule has 2 unspecified atom stereocenters. The summed E-state index contributed by atoms with van der Waals surface area (Å²) in [6.07, 6.45) is 6.85. The lowest BCUT2D eigenvalue weighted by molar-refractivity contribution is 0.0977. The van der Waals surface area contributed by atoms with Gasteiger partial charge in [0.05, 0.1) is 34.8 Å². The average molecular weight is 1020 g/mol. The number of rotatable bonds is 20. The number of ketones is 2. The van der Waals surface area contributed by atoms with E-state index < -0.39 is 0 Å². The van der Waals surface area contributed by atoms with Crippen LogP contribution >= 0.6 is 12.4 Å². The fourth-order valence-electron chi connectivity index (χ4n) is 10.00. The van der Waals surface area contributed by atoms with Crippen LogP contribution in [-0.2, 0) is 25.8 Å². The fourth-order valence-corrected chi connectivity index (χ4v) is 10.00. The molecule has 0 amide bonds. The third-order valence-electron chi connectivity index (χ3n) is 14.6. The van der Waals surface area contributed by atoms with Crippen LogP contribution in [0.25, 0.3) is 11.4 Å². The van der Waals surface area contributed by atoms with E-state index in [0.717, 1.165) is 70.8 Å². The Bertz CT molecular complexity index is 3050. The van der Waals surface area contributed by atoms with E-state index in [0.29, 0.717) is 30.8 Å². The van der Waals surface area contributed by atoms with Gasteiger partial charge in [-0.3, -0.25) is 9.59 Å². The van der Waals surface area contributed by atoms with Crippen LogP contribution in [0.15, 0.2) is 146 Å². The van der Waals surface area contributed by atoms with Gasteiger partial charge in [0, 0.05) is 19.4 Å². The molecule has 6 aromatic carbocycles. The van der Waals surface area contributed by atoms with Gasteiger partial charge in [-0.15, -0.1) is 12.4 Å². The summed E-state index contributed by atoms with van der Waals surface area (Å²) in [4.78, 5) is 27.1. The first-order valence-corrected chi connectivity index (χ1v) is 26.7. The third kappa shape index (κ3) is 14.0. The smallest absolute Gasteiger partial charge is 0.185 e. The second kappa shape index (κ2) is 24.7. The molecule has 0 spiro atoms. The minimum absolute atomic E-state index is 0. The first-order chi connectivity index (χ1) is 35.8. The maximum Gasteiger partial charge on any atom is 0.185 e. The van der Waals surface area contributed by atoms with E-state index in [9.17, 15) is 9.59 Å². The van der Waals surface area contributed by atoms with Crippen molar-refractivity contribution in [2.24, 2.45) is 17.6 Å². The number of carbonyl (C=O) groups excluding carboxylic acids is 2. The molecule has 8 aromatic rings. The summed E-state index contributed by atoms with van der Waals surface area (Å²) in [6, 6.07) is 50.5. The number of hydrogen-bond acceptors (Lipinski definition) is 7. The Hall–Kier alpha value is -6.75. The fraction of sp³-hybridized carbons (Fsp3) is 0.323. The van der Waals surface area contributed by atoms with Crippen molar-refractivity contribution in [3.05, 3.63) is 235 Å². The Kier molecular flexibility index (Phi) is 18.0. The summed E-state index contributed by atoms with van der Waals surface area (Å²) < 4.78 is 3.55. The maximum atomic E-state index is 13.6. The third-order valence-corrected chi connectivity index (χ3v) is 14.6. The summed E-state index contributed by atoms with van der Waals surface area (Å²) in [5, 5.41) is 16.9. The van der Waals surface area contributed by atoms with Crippen molar-refractivity contribution in [3.8, 4) is 11.4 Å². The van der Waals surface area contributed by atoms with E-state index in [-0.39, 0.29) is 36.1 Å². The van der Waals surface area contributed by atoms with Crippen molar-refractivity contribution < 1.29 is 9.59 Å². The molecule has 0 saturated heterocycles. The standard InChI is InChI=1S/C33H37N3O.C32H36N4O.ClH/c1-5-25-8-7-11-29(19-25)36-31(17-24(4)35-36)32(37)20-27-9-6-10-28(18-27)33(34-21-26-14-15-26)30-16-22(2)12-13-23(30)3;1-21-10-11-22(2)29(14-21)32(34-20-24-12-13-24)27-8-4-6-25(16-27)18-31(37)30-15-23(3)35-36(30)28-9-5-7-26(17-28)19-33;/h6-13,16-19,26,33-34H,5,14-15,20-21H2,1-4H3;4-11,14-17,24,32,34H,12-13,18-20,33H2,1-3H3;1H. The molecular weight excluding hydrogens is 946 g/mol. The topological polar surface area (TPSA) is 120 Å². The van der Waals surface area contributed by atoms with E-state index >= 15 is 0 Å². The van der Waals surface area contributed by atoms with Crippen LogP contribution in [0.2, 0.25) is 0 Å². The molecule has 10 rings (SSSR count). The molecule has 9 nitrogen and oxygen atoms in total. The lowest BCUT2D eigenvalue weighted by Crippen LogP contribution is -2.25. The zero-order valence-electron chi connectivity index (χ0n) is 44.8. The molecule has 2 heterocycles. The van der Waals surface area contributed by atoms with Gasteiger partial charge in [0.2, 0.25) is 0 Å². The van der Waals surface area contributed by atoms with Crippen LogP contribution in [0, 0.1) is 53.4 Å². The van der Waals surface area contributed by atoms with Crippen molar-refractivity contribution in [1.29, 1.82) is 0 Å². The van der Waals surface area contributed by atoms with Gasteiger partial charge >= 0.3 is 0 Å². The van der Waals surface area contributed by atoms with Gasteiger partial charge in [-0.2, -0.15) is 10.2 Å². The van der Waals surface area contributed by atoms with Crippen molar-refractivity contribution in [2.75, 3.05) is 13.1 Å². The molecule has 2 fully saturated rings. The first kappa shape index (κ1) is 54.5. The normalized spacial score (nSPS) is 13.9. The quantitative estimate of drug-likeness (QED) is 0.0651. The molecule has 2 atom stereocenters. The second-order valence-corrected chi connectivity index (χ2v) is 21.0. The van der Waals surface area contributed by atoms with E-state index in [4.69, 9.17) is 5.73 Å². The molecule has 0 aliphatic heterocycles. The Morgan fingerprint density at radius 1 is 0.533 bits per heavy atom. The van der Waals surface area contributed by atoms with E-state index in [2.05, 4.69) is 146 Å². The number of Topliss-reactive ketones (excluding diaryl/α,β-unsaturated/α-hetero) is 2. The molecule has 388 valence electrons. The van der Waals surface area contributed by atoms with Gasteiger partial charge in [0.25, 0.3) is 0 Å². The number of benzene rings is 6. The number of hydrogen-bond donors (Lipinski definition) is 3. The van der Waals surface area contributed by atoms with Gasteiger partial charge < -0.3 is 16.4 Å². The van der Waals surface area contributed by atoms with Crippen LogP contribution in [0.4, 0.5) is 0 Å². The largest absolute Gasteiger partial charge is 0.326 e. The average Bonchev–Trinajstić information content (AvgIpc) is 4.34. The zero-order chi connectivity index (χ0) is 51.9. The number of aryl methyl sites for hydroxylation is 7. The summed E-state index contributed by atoms with van der Waals surface area (Å²) in [5.41, 5.74) is 24.9. The number of nitrogens with one attached hydrogen (secondary N) is 2. The van der Waals surface area contributed by atoms with Crippen molar-refractivity contribution in [2.45, 2.75) is 112 Å². The van der Waals surface area contributed by atoms with E-state index in [1.807, 2.05) is 68.4 Å². The van der Waals surface area contributed by atoms with Gasteiger partial charge in [-0.25, -0.2) is 9.36 Å². The van der Waals surface area contributed by atoms with E-state index in [1.54, 1.807) is 9.36 Å². The molecule has 0 radical (unpaired) electrons. The SMILES string of the molecule is CCc1cccc(-n2nc(C)cc2C(=O)Cc2cccc(C(NCC3CC3)c3cc(C)ccc3C)c2)c1.Cc1ccc(C)c(C(NCC2CC2)c2cccc(CC(=O)c3cc(C)nn3-c3cccc(CN)c3)c2)c1.Cl. The van der Waals surface area contributed by atoms with Crippen molar-refractivity contribution in [3.63, 3.8) is 0 Å². The Balaban J connectivity index is 0.000000197. The molecule has 2 aliphatic carbocycles. The van der Waals surface area contributed by atoms with Crippen molar-refractivity contribution in [1.82, 2.24) is 30.2 Å². The van der Waals surface area contributed by atoms with Crippen LogP contribution in [0.3, 0.4) is 0 Å². The minimum Gasteiger partial charge on any atom is -0.326 e. The highest BCUT2D eigenvalue weighted by molar-refractivity contribution is 5.97. The summed E-state index contributed by atoms with van der Waals surface area (Å²) in [6.45, 7) is 17.1. The summed E-state index contributed by atoms with van der Waals surface area (Å²) in [5.74, 6) is 1.68. The summed E-state index contributed by atoms with van der Waals surface area (Å²) >= 11 is 0. The molecule has 75 heavy (non-hydrogen) atoms. The minimum atomic E-state index is 0. The highest BCUT2D eigenvalue weighted by Gasteiger charge is 2.27. The van der Waals surface area contributed by atoms with E-state index in [1.165, 1.54) is 75.8 Å². The number of carbonyl (C=O) groups is 2. The van der Waals surface area contributed by atoms with Crippen molar-refractivity contribution >= 4 is 24.0 Å². The summed E-state index contributed by atoms with van der Waals surface area (Å²) in [7, 11) is 0. The highest BCUT2D eigenvalue weighted by atomic mass is 35.5. The molecule has 2 aliphatic rings. The predicted molar refractivity (Wildman–Crippen MR) is 307 cm³/mol. The van der Waals surface area contributed by atoms with Gasteiger partial charge in [-0.1, -0.05) is 127 Å². The number of nitrogens with two attached hydrogens (primary N) is 1. The molecule has 2 aromatic heterocycles. The lowest BCUT2D eigenvalue weighted by Gasteiger charge is -2.23. The number of aromatic nitrogens is 4. The van der Waals surface area contributed by atoms with Crippen LogP contribution in [0.1, 0.15) is 144 Å². The highest BCUT2D eigenvalue weighted by Crippen LogP contribution is 2.34. The van der Waals surface area contributed by atoms with Crippen LogP contribution in [-0.4, -0.2) is 44.2 Å². The molecular formula is C65H74ClN7O2. The zero-order valence-corrected chi connectivity index (χ0v) is 45.6. The van der Waals surface area contributed by atoms with Crippen LogP contribution < -0.4 is 16.4 Å². The second-order valence-electron chi connectivity index (χ2n) is 21.0. The Morgan fingerprint density at radius 3 is 1.37 bits per heavy atom. The maximum absolute atomic E-state index is 13.6. The molecule has 0 bridgehead atoms. The predicted octanol–water partition coefficient (Wildman–Crippen LogP) is 13.1.